The molecule has 0 radical (unpaired) electrons. The largest absolute Gasteiger partial charge is 0.382 e. The topological polar surface area (TPSA) is 40.5 Å². The quantitative estimate of drug-likeness (QED) is 0.750. The molecule has 4 heteroatoms. The minimum absolute atomic E-state index is 0.117. The summed E-state index contributed by atoms with van der Waals surface area (Å²) in [6.07, 6.45) is -2.05. The van der Waals surface area contributed by atoms with E-state index in [0.29, 0.717) is 0 Å². The monoisotopic (exact) mass is 214 g/mol. The molecule has 0 heterocycles. The smallest absolute Gasteiger partial charge is 0.309 e. The van der Waals surface area contributed by atoms with Crippen LogP contribution in [0.15, 0.2) is 24.3 Å². The third kappa shape index (κ3) is 1.09. The number of halogens is 2. The first-order valence-electron chi connectivity index (χ1n) is 4.83. The van der Waals surface area contributed by atoms with E-state index in [0.717, 1.165) is 0 Å². The Bertz CT molecular complexity index is 392. The molecule has 2 atom stereocenters. The van der Waals surface area contributed by atoms with E-state index >= 15 is 0 Å². The molecule has 0 aliphatic heterocycles. The van der Waals surface area contributed by atoms with Crippen molar-refractivity contribution < 1.29 is 19.0 Å². The highest BCUT2D eigenvalue weighted by Crippen LogP contribution is 2.55. The number of benzene rings is 1. The van der Waals surface area contributed by atoms with Gasteiger partial charge >= 0.3 is 5.92 Å². The normalized spacial score (nSPS) is 32.7. The van der Waals surface area contributed by atoms with Crippen LogP contribution in [0.5, 0.6) is 0 Å². The van der Waals surface area contributed by atoms with Gasteiger partial charge in [0.25, 0.3) is 0 Å². The van der Waals surface area contributed by atoms with Gasteiger partial charge in [0.2, 0.25) is 0 Å². The van der Waals surface area contributed by atoms with Gasteiger partial charge in [-0.2, -0.15) is 8.78 Å². The second-order valence-corrected chi connectivity index (χ2v) is 3.83. The van der Waals surface area contributed by atoms with Crippen molar-refractivity contribution in [1.29, 1.82) is 0 Å². The first-order valence-corrected chi connectivity index (χ1v) is 4.83. The summed E-state index contributed by atoms with van der Waals surface area (Å²) in [5.41, 5.74) is -2.00. The van der Waals surface area contributed by atoms with Gasteiger partial charge in [-0.1, -0.05) is 31.2 Å². The van der Waals surface area contributed by atoms with Crippen LogP contribution in [0.3, 0.4) is 0 Å². The fourth-order valence-electron chi connectivity index (χ4n) is 2.14. The molecule has 0 unspecified atom stereocenters. The summed E-state index contributed by atoms with van der Waals surface area (Å²) in [6.45, 7) is 1.47. The Morgan fingerprint density at radius 2 is 1.93 bits per heavy atom. The van der Waals surface area contributed by atoms with E-state index in [4.69, 9.17) is 0 Å². The summed E-state index contributed by atoms with van der Waals surface area (Å²) in [6, 6.07) is 6.00. The number of aliphatic hydroxyl groups is 2. The number of aliphatic hydroxyl groups excluding tert-OH is 1. The summed E-state index contributed by atoms with van der Waals surface area (Å²) < 4.78 is 27.4. The number of rotatable bonds is 1. The lowest BCUT2D eigenvalue weighted by Crippen LogP contribution is -2.43. The molecule has 0 saturated heterocycles. The highest BCUT2D eigenvalue weighted by Gasteiger charge is 2.64. The first kappa shape index (κ1) is 10.5. The van der Waals surface area contributed by atoms with Crippen LogP contribution in [0, 0.1) is 0 Å². The van der Waals surface area contributed by atoms with E-state index in [1.165, 1.54) is 19.1 Å². The SMILES string of the molecule is CC[C@@]1(O)c2ccccc2[C@H](O)C1(F)F. The Morgan fingerprint density at radius 3 is 2.53 bits per heavy atom. The molecular formula is C11H12F2O2. The van der Waals surface area contributed by atoms with Crippen LogP contribution in [0.4, 0.5) is 8.78 Å². The summed E-state index contributed by atoms with van der Waals surface area (Å²) in [5, 5.41) is 19.4. The summed E-state index contributed by atoms with van der Waals surface area (Å²) in [4.78, 5) is 0. The molecule has 0 aromatic heterocycles. The molecule has 1 aromatic carbocycles. The lowest BCUT2D eigenvalue weighted by molar-refractivity contribution is -0.224. The van der Waals surface area contributed by atoms with Crippen LogP contribution in [0.25, 0.3) is 0 Å². The third-order valence-corrected chi connectivity index (χ3v) is 3.11. The fraction of sp³-hybridized carbons (Fsp3) is 0.455. The zero-order valence-corrected chi connectivity index (χ0v) is 8.24. The van der Waals surface area contributed by atoms with Crippen LogP contribution in [-0.4, -0.2) is 16.1 Å². The zero-order valence-electron chi connectivity index (χ0n) is 8.24. The summed E-state index contributed by atoms with van der Waals surface area (Å²) in [5.74, 6) is -3.52. The van der Waals surface area contributed by atoms with Crippen molar-refractivity contribution in [2.24, 2.45) is 0 Å². The van der Waals surface area contributed by atoms with E-state index in [2.05, 4.69) is 0 Å². The highest BCUT2D eigenvalue weighted by molar-refractivity contribution is 5.43. The van der Waals surface area contributed by atoms with Crippen molar-refractivity contribution in [2.45, 2.75) is 31.0 Å². The van der Waals surface area contributed by atoms with E-state index in [-0.39, 0.29) is 17.5 Å². The molecule has 1 aliphatic rings. The fourth-order valence-corrected chi connectivity index (χ4v) is 2.14. The van der Waals surface area contributed by atoms with Gasteiger partial charge in [0, 0.05) is 0 Å². The van der Waals surface area contributed by atoms with Crippen molar-refractivity contribution in [3.8, 4) is 0 Å². The standard InChI is InChI=1S/C11H12F2O2/c1-2-10(15)8-6-4-3-5-7(8)9(14)11(10,12)13/h3-6,9,14-15H,2H2,1H3/t9-,10+/m0/s1. The number of fused-ring (bicyclic) bond motifs is 1. The molecule has 15 heavy (non-hydrogen) atoms. The maximum atomic E-state index is 13.7. The number of hydrogen-bond donors (Lipinski definition) is 2. The molecule has 82 valence electrons. The molecule has 1 aromatic rings. The maximum absolute atomic E-state index is 13.7. The number of hydrogen-bond acceptors (Lipinski definition) is 2. The molecule has 0 fully saturated rings. The molecule has 0 saturated carbocycles. The van der Waals surface area contributed by atoms with Gasteiger partial charge in [0.1, 0.15) is 6.10 Å². The van der Waals surface area contributed by atoms with Crippen molar-refractivity contribution in [3.05, 3.63) is 35.4 Å². The van der Waals surface area contributed by atoms with Gasteiger partial charge in [-0.15, -0.1) is 0 Å². The van der Waals surface area contributed by atoms with Crippen LogP contribution in [-0.2, 0) is 5.60 Å². The Labute approximate surface area is 86.2 Å². The van der Waals surface area contributed by atoms with Gasteiger partial charge in [-0.25, -0.2) is 0 Å². The van der Waals surface area contributed by atoms with Crippen molar-refractivity contribution in [2.75, 3.05) is 0 Å². The highest BCUT2D eigenvalue weighted by atomic mass is 19.3. The zero-order chi connectivity index (χ0) is 11.3. The molecule has 2 nitrogen and oxygen atoms in total. The first-order chi connectivity index (χ1) is 6.95. The maximum Gasteiger partial charge on any atom is 0.309 e. The van der Waals surface area contributed by atoms with Gasteiger partial charge in [0.15, 0.2) is 5.60 Å². The minimum atomic E-state index is -3.52. The predicted octanol–water partition coefficient (Wildman–Crippen LogP) is 1.97. The van der Waals surface area contributed by atoms with Crippen molar-refractivity contribution in [3.63, 3.8) is 0 Å². The molecular weight excluding hydrogens is 202 g/mol. The molecule has 0 bridgehead atoms. The molecule has 2 N–H and O–H groups in total. The predicted molar refractivity (Wildman–Crippen MR) is 50.5 cm³/mol. The van der Waals surface area contributed by atoms with E-state index < -0.39 is 17.6 Å². The lowest BCUT2D eigenvalue weighted by Gasteiger charge is -2.30. The minimum Gasteiger partial charge on any atom is -0.382 e. The Balaban J connectivity index is 2.67. The van der Waals surface area contributed by atoms with Gasteiger partial charge in [0.05, 0.1) is 0 Å². The van der Waals surface area contributed by atoms with E-state index in [1.54, 1.807) is 12.1 Å². The van der Waals surface area contributed by atoms with Crippen LogP contribution in [0.2, 0.25) is 0 Å². The van der Waals surface area contributed by atoms with Gasteiger partial charge < -0.3 is 10.2 Å². The summed E-state index contributed by atoms with van der Waals surface area (Å²) in [7, 11) is 0. The Hall–Kier alpha value is -1.00. The average Bonchev–Trinajstić information content (AvgIpc) is 2.40. The molecule has 2 rings (SSSR count). The number of alkyl halides is 2. The second kappa shape index (κ2) is 3.00. The van der Waals surface area contributed by atoms with Crippen molar-refractivity contribution in [1.82, 2.24) is 0 Å². The average molecular weight is 214 g/mol. The third-order valence-electron chi connectivity index (χ3n) is 3.11. The van der Waals surface area contributed by atoms with Crippen LogP contribution < -0.4 is 0 Å². The lowest BCUT2D eigenvalue weighted by atomic mass is 9.90. The van der Waals surface area contributed by atoms with Crippen molar-refractivity contribution >= 4 is 0 Å². The second-order valence-electron chi connectivity index (χ2n) is 3.83. The Kier molecular flexibility index (Phi) is 2.10. The van der Waals surface area contributed by atoms with E-state index in [1.807, 2.05) is 0 Å². The molecule has 0 amide bonds. The van der Waals surface area contributed by atoms with E-state index in [9.17, 15) is 19.0 Å². The van der Waals surface area contributed by atoms with Crippen LogP contribution in [0.1, 0.15) is 30.6 Å². The summed E-state index contributed by atoms with van der Waals surface area (Å²) >= 11 is 0. The Morgan fingerprint density at radius 1 is 1.33 bits per heavy atom. The molecule has 1 aliphatic carbocycles. The van der Waals surface area contributed by atoms with Gasteiger partial charge in [-0.3, -0.25) is 0 Å². The van der Waals surface area contributed by atoms with Crippen LogP contribution >= 0.6 is 0 Å². The van der Waals surface area contributed by atoms with Gasteiger partial charge in [-0.05, 0) is 17.5 Å². The molecule has 0 spiro atoms.